The van der Waals surface area contributed by atoms with Gasteiger partial charge in [-0.2, -0.15) is 0 Å². The molecular weight excluding hydrogens is 263 g/mol. The van der Waals surface area contributed by atoms with Crippen LogP contribution in [-0.2, 0) is 20.7 Å². The third-order valence-electron chi connectivity index (χ3n) is 2.68. The Morgan fingerprint density at radius 2 is 2.11 bits per heavy atom. The second-order valence-electron chi connectivity index (χ2n) is 4.02. The molecule has 0 aromatic heterocycles. The van der Waals surface area contributed by atoms with Gasteiger partial charge in [0.25, 0.3) is 0 Å². The molecule has 6 heteroatoms. The molecule has 4 nitrogen and oxygen atoms in total. The minimum atomic E-state index is -1.80. The van der Waals surface area contributed by atoms with Crippen molar-refractivity contribution in [2.45, 2.75) is 13.3 Å². The van der Waals surface area contributed by atoms with E-state index in [1.165, 1.54) is 19.1 Å². The fraction of sp³-hybridized carbons (Fsp3) is 0.333. The zero-order valence-electron chi connectivity index (χ0n) is 9.87. The monoisotopic (exact) mass is 274 g/mol. The van der Waals surface area contributed by atoms with Crippen molar-refractivity contribution in [3.8, 4) is 0 Å². The van der Waals surface area contributed by atoms with Crippen LogP contribution in [0.1, 0.15) is 12.5 Å². The minimum Gasteiger partial charge on any atom is -0.480 e. The Bertz CT molecular complexity index is 489. The summed E-state index contributed by atoms with van der Waals surface area (Å²) in [5.41, 5.74) is -1.56. The lowest BCUT2D eigenvalue weighted by Crippen LogP contribution is -2.39. The van der Waals surface area contributed by atoms with Gasteiger partial charge in [0, 0.05) is 6.42 Å². The van der Waals surface area contributed by atoms with Crippen LogP contribution in [0.3, 0.4) is 0 Å². The number of hydrogen-bond donors (Lipinski definition) is 1. The van der Waals surface area contributed by atoms with Crippen LogP contribution < -0.4 is 0 Å². The van der Waals surface area contributed by atoms with E-state index in [4.69, 9.17) is 16.7 Å². The standard InChI is InChI=1S/C12H12ClFO4/c1-12(10(15)16,11(17)18-2)6-7-4-3-5-8(14)9(7)13/h3-5H,6H2,1-2H3,(H,15,16). The van der Waals surface area contributed by atoms with E-state index < -0.39 is 23.2 Å². The predicted octanol–water partition coefficient (Wildman–Crippen LogP) is 2.29. The molecule has 18 heavy (non-hydrogen) atoms. The molecule has 0 fully saturated rings. The summed E-state index contributed by atoms with van der Waals surface area (Å²) in [4.78, 5) is 22.7. The van der Waals surface area contributed by atoms with Gasteiger partial charge in [0.2, 0.25) is 0 Å². The first kappa shape index (κ1) is 14.4. The summed E-state index contributed by atoms with van der Waals surface area (Å²) in [6.07, 6.45) is -0.244. The van der Waals surface area contributed by atoms with Crippen molar-refractivity contribution in [3.05, 3.63) is 34.6 Å². The topological polar surface area (TPSA) is 63.6 Å². The number of rotatable bonds is 4. The molecule has 0 spiro atoms. The number of carboxylic acids is 1. The first-order chi connectivity index (χ1) is 8.32. The maximum absolute atomic E-state index is 13.2. The number of esters is 1. The third-order valence-corrected chi connectivity index (χ3v) is 3.11. The van der Waals surface area contributed by atoms with Gasteiger partial charge in [-0.3, -0.25) is 9.59 Å². The second kappa shape index (κ2) is 5.35. The molecule has 1 atom stereocenters. The summed E-state index contributed by atoms with van der Waals surface area (Å²) in [6, 6.07) is 4.02. The van der Waals surface area contributed by atoms with Crippen molar-refractivity contribution in [3.63, 3.8) is 0 Å². The Hall–Kier alpha value is -1.62. The summed E-state index contributed by atoms with van der Waals surface area (Å²) in [7, 11) is 1.09. The minimum absolute atomic E-state index is 0.186. The van der Waals surface area contributed by atoms with Crippen molar-refractivity contribution < 1.29 is 23.8 Å². The summed E-state index contributed by atoms with van der Waals surface area (Å²) >= 11 is 5.73. The Kier molecular flexibility index (Phi) is 4.29. The molecule has 0 radical (unpaired) electrons. The van der Waals surface area contributed by atoms with Gasteiger partial charge in [-0.1, -0.05) is 23.7 Å². The van der Waals surface area contributed by atoms with Crippen molar-refractivity contribution in [2.75, 3.05) is 7.11 Å². The van der Waals surface area contributed by atoms with E-state index in [2.05, 4.69) is 4.74 Å². The molecule has 1 rings (SSSR count). The molecule has 98 valence electrons. The third kappa shape index (κ3) is 2.61. The van der Waals surface area contributed by atoms with Gasteiger partial charge < -0.3 is 9.84 Å². The van der Waals surface area contributed by atoms with Gasteiger partial charge in [0.05, 0.1) is 12.1 Å². The van der Waals surface area contributed by atoms with Crippen LogP contribution in [0.5, 0.6) is 0 Å². The zero-order valence-corrected chi connectivity index (χ0v) is 10.6. The number of carbonyl (C=O) groups is 2. The largest absolute Gasteiger partial charge is 0.480 e. The fourth-order valence-corrected chi connectivity index (χ4v) is 1.72. The average Bonchev–Trinajstić information content (AvgIpc) is 2.33. The van der Waals surface area contributed by atoms with Gasteiger partial charge in [-0.15, -0.1) is 0 Å². The van der Waals surface area contributed by atoms with E-state index in [1.54, 1.807) is 0 Å². The molecule has 0 heterocycles. The Morgan fingerprint density at radius 3 is 2.61 bits per heavy atom. The first-order valence-electron chi connectivity index (χ1n) is 5.07. The quantitative estimate of drug-likeness (QED) is 0.676. The summed E-state index contributed by atoms with van der Waals surface area (Å²) in [5.74, 6) is -2.92. The maximum Gasteiger partial charge on any atom is 0.323 e. The number of halogens is 2. The predicted molar refractivity (Wildman–Crippen MR) is 62.9 cm³/mol. The lowest BCUT2D eigenvalue weighted by atomic mass is 9.83. The molecule has 0 amide bonds. The van der Waals surface area contributed by atoms with E-state index >= 15 is 0 Å². The van der Waals surface area contributed by atoms with Crippen molar-refractivity contribution >= 4 is 23.5 Å². The number of hydrogen-bond acceptors (Lipinski definition) is 3. The molecule has 0 bridgehead atoms. The number of carbonyl (C=O) groups excluding carboxylic acids is 1. The molecule has 0 saturated carbocycles. The Labute approximate surface area is 108 Å². The SMILES string of the molecule is COC(=O)C(C)(Cc1cccc(F)c1Cl)C(=O)O. The number of ether oxygens (including phenoxy) is 1. The van der Waals surface area contributed by atoms with E-state index in [0.29, 0.717) is 0 Å². The lowest BCUT2D eigenvalue weighted by molar-refractivity contribution is -0.165. The van der Waals surface area contributed by atoms with E-state index in [9.17, 15) is 14.0 Å². The molecule has 1 N–H and O–H groups in total. The fourth-order valence-electron chi connectivity index (χ4n) is 1.53. The summed E-state index contributed by atoms with van der Waals surface area (Å²) < 4.78 is 17.7. The van der Waals surface area contributed by atoms with Crippen LogP contribution in [0.2, 0.25) is 5.02 Å². The van der Waals surface area contributed by atoms with Crippen LogP contribution in [-0.4, -0.2) is 24.2 Å². The molecule has 0 aliphatic carbocycles. The van der Waals surface area contributed by atoms with E-state index in [-0.39, 0.29) is 17.0 Å². The number of aliphatic carboxylic acids is 1. The van der Waals surface area contributed by atoms with Crippen LogP contribution in [0.25, 0.3) is 0 Å². The van der Waals surface area contributed by atoms with Crippen LogP contribution >= 0.6 is 11.6 Å². The second-order valence-corrected chi connectivity index (χ2v) is 4.40. The average molecular weight is 275 g/mol. The summed E-state index contributed by atoms with van der Waals surface area (Å²) in [5, 5.41) is 8.93. The summed E-state index contributed by atoms with van der Waals surface area (Å²) in [6.45, 7) is 1.21. The van der Waals surface area contributed by atoms with Gasteiger partial charge in [-0.05, 0) is 18.6 Å². The van der Waals surface area contributed by atoms with Gasteiger partial charge >= 0.3 is 11.9 Å². The normalized spacial score (nSPS) is 13.8. The molecule has 1 aromatic rings. The van der Waals surface area contributed by atoms with Gasteiger partial charge in [-0.25, -0.2) is 4.39 Å². The highest BCUT2D eigenvalue weighted by molar-refractivity contribution is 6.31. The molecule has 1 aromatic carbocycles. The highest BCUT2D eigenvalue weighted by Gasteiger charge is 2.43. The first-order valence-corrected chi connectivity index (χ1v) is 5.45. The zero-order chi connectivity index (χ0) is 13.9. The van der Waals surface area contributed by atoms with Crippen LogP contribution in [0.4, 0.5) is 4.39 Å². The van der Waals surface area contributed by atoms with Crippen LogP contribution in [0, 0.1) is 11.2 Å². The van der Waals surface area contributed by atoms with Crippen molar-refractivity contribution in [1.82, 2.24) is 0 Å². The molecule has 0 aliphatic rings. The van der Waals surface area contributed by atoms with E-state index in [0.717, 1.165) is 13.2 Å². The smallest absolute Gasteiger partial charge is 0.323 e. The lowest BCUT2D eigenvalue weighted by Gasteiger charge is -2.22. The highest BCUT2D eigenvalue weighted by atomic mass is 35.5. The molecule has 1 unspecified atom stereocenters. The molecule has 0 saturated heterocycles. The van der Waals surface area contributed by atoms with Gasteiger partial charge in [0.1, 0.15) is 5.82 Å². The van der Waals surface area contributed by atoms with E-state index in [1.807, 2.05) is 0 Å². The Morgan fingerprint density at radius 1 is 1.50 bits per heavy atom. The number of methoxy groups -OCH3 is 1. The van der Waals surface area contributed by atoms with Crippen molar-refractivity contribution in [2.24, 2.45) is 5.41 Å². The van der Waals surface area contributed by atoms with Crippen molar-refractivity contribution in [1.29, 1.82) is 0 Å². The Balaban J connectivity index is 3.16. The molecular formula is C12H12ClFO4. The number of benzene rings is 1. The maximum atomic E-state index is 13.2. The van der Waals surface area contributed by atoms with Crippen LogP contribution in [0.15, 0.2) is 18.2 Å². The number of carboxylic acid groups (broad SMARTS) is 1. The van der Waals surface area contributed by atoms with Gasteiger partial charge in [0.15, 0.2) is 5.41 Å². The molecule has 0 aliphatic heterocycles. The highest BCUT2D eigenvalue weighted by Crippen LogP contribution is 2.29.